The molecule has 4 N–H and O–H groups in total. The largest absolute Gasteiger partial charge is 0.392 e. The number of halogens is 1. The molecule has 1 atom stereocenters. The summed E-state index contributed by atoms with van der Waals surface area (Å²) in [7, 11) is 1.76. The molecule has 1 unspecified atom stereocenters. The average molecular weight is 577 g/mol. The number of aromatic nitrogens is 2. The summed E-state index contributed by atoms with van der Waals surface area (Å²) in [5.41, 5.74) is 3.25. The third kappa shape index (κ3) is 5.94. The minimum Gasteiger partial charge on any atom is -0.392 e. The minimum atomic E-state index is -0.725. The number of nitrogens with one attached hydrogen (secondary N) is 2. The van der Waals surface area contributed by atoms with Crippen LogP contribution in [0, 0.1) is 0 Å². The van der Waals surface area contributed by atoms with Crippen LogP contribution in [0.3, 0.4) is 0 Å². The van der Waals surface area contributed by atoms with E-state index in [1.807, 2.05) is 48.5 Å². The molecule has 3 aromatic heterocycles. The maximum atomic E-state index is 13.3. The average Bonchev–Trinajstić information content (AvgIpc) is 3.35. The Hall–Kier alpha value is -3.60. The number of pyridine rings is 2. The van der Waals surface area contributed by atoms with E-state index in [1.54, 1.807) is 23.7 Å². The van der Waals surface area contributed by atoms with E-state index < -0.39 is 12.0 Å². The van der Waals surface area contributed by atoms with Crippen molar-refractivity contribution < 1.29 is 15.0 Å². The minimum absolute atomic E-state index is 0.0419. The summed E-state index contributed by atoms with van der Waals surface area (Å²) >= 11 is 7.19. The van der Waals surface area contributed by atoms with Gasteiger partial charge in [-0.15, -0.1) is 11.3 Å². The number of carbonyl (C=O) groups is 1. The molecular weight excluding hydrogens is 548 g/mol. The zero-order chi connectivity index (χ0) is 28.2. The Morgan fingerprint density at radius 2 is 1.88 bits per heavy atom. The topological polar surface area (TPSA) is 116 Å². The van der Waals surface area contributed by atoms with Crippen LogP contribution in [0.25, 0.3) is 21.1 Å². The standard InChI is InChI=1S/C30H29ClN4O4S/c1-35-16-21(30(39)33-14-18-6-9-20(31)10-7-18)28(38)29-27(35)22(17-36)26(40-29)15-32-13-12-25(37)24-11-8-19-4-2-3-5-23(19)34-24/h2-11,16,25,32,36-37H,12-15,17H2,1H3,(H,33,39). The van der Waals surface area contributed by atoms with Crippen molar-refractivity contribution >= 4 is 50.0 Å². The molecule has 5 aromatic rings. The Bertz CT molecular complexity index is 1730. The second-order valence-corrected chi connectivity index (χ2v) is 11.1. The molecule has 10 heteroatoms. The number of aliphatic hydroxyl groups is 2. The fraction of sp³-hybridized carbons (Fsp3) is 0.233. The zero-order valence-corrected chi connectivity index (χ0v) is 23.4. The van der Waals surface area contributed by atoms with Crippen molar-refractivity contribution in [1.29, 1.82) is 0 Å². The molecule has 2 aromatic carbocycles. The number of aliphatic hydroxyl groups excluding tert-OH is 2. The van der Waals surface area contributed by atoms with Gasteiger partial charge in [0.2, 0.25) is 5.43 Å². The highest BCUT2D eigenvalue weighted by atomic mass is 35.5. The summed E-state index contributed by atoms with van der Waals surface area (Å²) in [5.74, 6) is -0.465. The normalized spacial score (nSPS) is 12.2. The van der Waals surface area contributed by atoms with Crippen molar-refractivity contribution in [3.63, 3.8) is 0 Å². The Kier molecular flexibility index (Phi) is 8.58. The molecule has 0 aliphatic rings. The third-order valence-corrected chi connectivity index (χ3v) is 8.27. The van der Waals surface area contributed by atoms with E-state index in [4.69, 9.17) is 11.6 Å². The Labute approximate surface area is 239 Å². The summed E-state index contributed by atoms with van der Waals surface area (Å²) < 4.78 is 2.14. The quantitative estimate of drug-likeness (QED) is 0.183. The number of fused-ring (bicyclic) bond motifs is 2. The van der Waals surface area contributed by atoms with Crippen molar-refractivity contribution in [2.75, 3.05) is 6.54 Å². The molecule has 0 aliphatic heterocycles. The van der Waals surface area contributed by atoms with Gasteiger partial charge in [0.25, 0.3) is 5.91 Å². The van der Waals surface area contributed by atoms with Gasteiger partial charge in [0, 0.05) is 47.2 Å². The molecule has 206 valence electrons. The summed E-state index contributed by atoms with van der Waals surface area (Å²) in [6.45, 7) is 0.934. The van der Waals surface area contributed by atoms with Gasteiger partial charge in [-0.2, -0.15) is 0 Å². The van der Waals surface area contributed by atoms with E-state index in [1.165, 1.54) is 17.5 Å². The number of amides is 1. The van der Waals surface area contributed by atoms with Crippen molar-refractivity contribution in [2.24, 2.45) is 7.05 Å². The van der Waals surface area contributed by atoms with Crippen LogP contribution in [-0.4, -0.2) is 32.2 Å². The third-order valence-electron chi connectivity index (χ3n) is 6.80. The van der Waals surface area contributed by atoms with Gasteiger partial charge >= 0.3 is 0 Å². The lowest BCUT2D eigenvalue weighted by Gasteiger charge is -2.12. The maximum Gasteiger partial charge on any atom is 0.257 e. The van der Waals surface area contributed by atoms with E-state index in [-0.39, 0.29) is 24.1 Å². The van der Waals surface area contributed by atoms with E-state index in [0.29, 0.717) is 46.0 Å². The van der Waals surface area contributed by atoms with Crippen molar-refractivity contribution in [3.05, 3.63) is 109 Å². The number of benzene rings is 2. The van der Waals surface area contributed by atoms with E-state index in [9.17, 15) is 19.8 Å². The fourth-order valence-electron chi connectivity index (χ4n) is 4.67. The van der Waals surface area contributed by atoms with Crippen LogP contribution in [-0.2, 0) is 26.7 Å². The predicted molar refractivity (Wildman–Crippen MR) is 159 cm³/mol. The van der Waals surface area contributed by atoms with Gasteiger partial charge in [-0.1, -0.05) is 48.0 Å². The summed E-state index contributed by atoms with van der Waals surface area (Å²) in [5, 5.41) is 28.5. The number of aryl methyl sites for hydroxylation is 1. The number of thiophene rings is 1. The summed E-state index contributed by atoms with van der Waals surface area (Å²) in [6.07, 6.45) is 1.23. The first kappa shape index (κ1) is 27.9. The second-order valence-electron chi connectivity index (χ2n) is 9.54. The molecule has 0 bridgehead atoms. The van der Waals surface area contributed by atoms with Gasteiger partial charge in [-0.05, 0) is 42.8 Å². The lowest BCUT2D eigenvalue weighted by molar-refractivity contribution is 0.0949. The molecule has 0 spiro atoms. The number of para-hydroxylation sites is 1. The van der Waals surface area contributed by atoms with Crippen molar-refractivity contribution in [3.8, 4) is 0 Å². The smallest absolute Gasteiger partial charge is 0.257 e. The van der Waals surface area contributed by atoms with Crippen LogP contribution < -0.4 is 16.1 Å². The molecule has 8 nitrogen and oxygen atoms in total. The van der Waals surface area contributed by atoms with E-state index >= 15 is 0 Å². The van der Waals surface area contributed by atoms with E-state index in [2.05, 4.69) is 15.6 Å². The molecule has 3 heterocycles. The molecule has 0 aliphatic carbocycles. The molecule has 0 radical (unpaired) electrons. The molecule has 0 fully saturated rings. The fourth-order valence-corrected chi connectivity index (χ4v) is 6.07. The Morgan fingerprint density at radius 1 is 1.10 bits per heavy atom. The maximum absolute atomic E-state index is 13.3. The van der Waals surface area contributed by atoms with Gasteiger partial charge in [-0.25, -0.2) is 0 Å². The highest BCUT2D eigenvalue weighted by Crippen LogP contribution is 2.30. The van der Waals surface area contributed by atoms with Gasteiger partial charge in [0.1, 0.15) is 5.56 Å². The highest BCUT2D eigenvalue weighted by molar-refractivity contribution is 7.19. The number of carbonyl (C=O) groups excluding carboxylic acids is 1. The van der Waals surface area contributed by atoms with Crippen molar-refractivity contribution in [1.82, 2.24) is 20.2 Å². The van der Waals surface area contributed by atoms with Crippen molar-refractivity contribution in [2.45, 2.75) is 32.2 Å². The van der Waals surface area contributed by atoms with Gasteiger partial charge < -0.3 is 25.4 Å². The monoisotopic (exact) mass is 576 g/mol. The number of hydrogen-bond donors (Lipinski definition) is 4. The first-order valence-electron chi connectivity index (χ1n) is 12.9. The Balaban J connectivity index is 1.26. The molecular formula is C30H29ClN4O4S. The van der Waals surface area contributed by atoms with Gasteiger partial charge in [0.15, 0.2) is 0 Å². The van der Waals surface area contributed by atoms with Crippen LogP contribution >= 0.6 is 22.9 Å². The molecule has 0 saturated heterocycles. The lowest BCUT2D eigenvalue weighted by atomic mass is 10.1. The van der Waals surface area contributed by atoms with Gasteiger partial charge in [-0.3, -0.25) is 14.6 Å². The van der Waals surface area contributed by atoms with E-state index in [0.717, 1.165) is 21.3 Å². The molecule has 1 amide bonds. The number of rotatable bonds is 10. The first-order valence-corrected chi connectivity index (χ1v) is 14.1. The summed E-state index contributed by atoms with van der Waals surface area (Å²) in [4.78, 5) is 31.6. The Morgan fingerprint density at radius 3 is 2.65 bits per heavy atom. The first-order chi connectivity index (χ1) is 19.4. The number of nitrogens with zero attached hydrogens (tertiary/aromatic N) is 2. The van der Waals surface area contributed by atoms with Crippen LogP contribution in [0.2, 0.25) is 5.02 Å². The zero-order valence-electron chi connectivity index (χ0n) is 21.9. The SMILES string of the molecule is Cn1cc(C(=O)NCc2ccc(Cl)cc2)c(=O)c2sc(CNCCC(O)c3ccc4ccccc4n3)c(CO)c21. The molecule has 5 rings (SSSR count). The van der Waals surface area contributed by atoms with Crippen LogP contribution in [0.4, 0.5) is 0 Å². The van der Waals surface area contributed by atoms with Gasteiger partial charge in [0.05, 0.1) is 34.1 Å². The summed E-state index contributed by atoms with van der Waals surface area (Å²) in [6, 6.07) is 18.7. The lowest BCUT2D eigenvalue weighted by Crippen LogP contribution is -2.29. The van der Waals surface area contributed by atoms with Crippen LogP contribution in [0.1, 0.15) is 44.6 Å². The van der Waals surface area contributed by atoms with Crippen LogP contribution in [0.5, 0.6) is 0 Å². The highest BCUT2D eigenvalue weighted by Gasteiger charge is 2.21. The predicted octanol–water partition coefficient (Wildman–Crippen LogP) is 4.44. The second kappa shape index (κ2) is 12.3. The van der Waals surface area contributed by atoms with Crippen LogP contribution in [0.15, 0.2) is 71.7 Å². The molecule has 0 saturated carbocycles. The number of hydrogen-bond acceptors (Lipinski definition) is 7. The molecule has 40 heavy (non-hydrogen) atoms.